The lowest BCUT2D eigenvalue weighted by atomic mass is 10.0. The van der Waals surface area contributed by atoms with Gasteiger partial charge in [0, 0.05) is 11.6 Å². The molecule has 0 aromatic heterocycles. The molecule has 7 heteroatoms. The van der Waals surface area contributed by atoms with Crippen LogP contribution in [0.4, 0.5) is 0 Å². The summed E-state index contributed by atoms with van der Waals surface area (Å²) < 4.78 is 15.9. The zero-order valence-electron chi connectivity index (χ0n) is 15.5. The SMILES string of the molecule is COc1ccc(C(CC(=O)O)NC(=O)COc2ccc(C)cc2)c(OC)c1. The number of hydrogen-bond acceptors (Lipinski definition) is 5. The monoisotopic (exact) mass is 373 g/mol. The van der Waals surface area contributed by atoms with Crippen LogP contribution in [-0.2, 0) is 9.59 Å². The van der Waals surface area contributed by atoms with E-state index in [1.54, 1.807) is 30.3 Å². The third-order valence-corrected chi connectivity index (χ3v) is 3.92. The van der Waals surface area contributed by atoms with Gasteiger partial charge in [-0.05, 0) is 31.2 Å². The van der Waals surface area contributed by atoms with Crippen LogP contribution in [0.2, 0.25) is 0 Å². The number of carbonyl (C=O) groups is 2. The molecule has 0 saturated heterocycles. The molecule has 144 valence electrons. The summed E-state index contributed by atoms with van der Waals surface area (Å²) in [6.07, 6.45) is -0.293. The first-order valence-corrected chi connectivity index (χ1v) is 8.35. The Labute approximate surface area is 157 Å². The Morgan fingerprint density at radius 2 is 1.70 bits per heavy atom. The van der Waals surface area contributed by atoms with E-state index in [-0.39, 0.29) is 13.0 Å². The molecule has 1 amide bonds. The lowest BCUT2D eigenvalue weighted by Gasteiger charge is -2.20. The molecule has 2 rings (SSSR count). The van der Waals surface area contributed by atoms with Gasteiger partial charge >= 0.3 is 5.97 Å². The number of methoxy groups -OCH3 is 2. The van der Waals surface area contributed by atoms with Crippen LogP contribution in [0.5, 0.6) is 17.2 Å². The average molecular weight is 373 g/mol. The predicted molar refractivity (Wildman–Crippen MR) is 99.4 cm³/mol. The van der Waals surface area contributed by atoms with Crippen LogP contribution in [0, 0.1) is 6.92 Å². The fraction of sp³-hybridized carbons (Fsp3) is 0.300. The zero-order chi connectivity index (χ0) is 19.8. The van der Waals surface area contributed by atoms with Gasteiger partial charge < -0.3 is 24.6 Å². The number of carboxylic acids is 1. The Kier molecular flexibility index (Phi) is 7.05. The predicted octanol–water partition coefficient (Wildman–Crippen LogP) is 2.72. The molecule has 2 aromatic carbocycles. The van der Waals surface area contributed by atoms with E-state index >= 15 is 0 Å². The molecular weight excluding hydrogens is 350 g/mol. The molecule has 0 saturated carbocycles. The van der Waals surface area contributed by atoms with Gasteiger partial charge in [-0.1, -0.05) is 17.7 Å². The number of carbonyl (C=O) groups excluding carboxylic acids is 1. The number of rotatable bonds is 9. The second kappa shape index (κ2) is 9.47. The molecule has 2 N–H and O–H groups in total. The van der Waals surface area contributed by atoms with Crippen LogP contribution >= 0.6 is 0 Å². The molecular formula is C20H23NO6. The van der Waals surface area contributed by atoms with Gasteiger partial charge in [-0.2, -0.15) is 0 Å². The van der Waals surface area contributed by atoms with Crippen molar-refractivity contribution >= 4 is 11.9 Å². The molecule has 0 fully saturated rings. The third-order valence-electron chi connectivity index (χ3n) is 3.92. The summed E-state index contributed by atoms with van der Waals surface area (Å²) in [5.41, 5.74) is 1.63. The minimum atomic E-state index is -1.04. The van der Waals surface area contributed by atoms with Crippen molar-refractivity contribution in [2.45, 2.75) is 19.4 Å². The van der Waals surface area contributed by atoms with Gasteiger partial charge in [-0.15, -0.1) is 0 Å². The largest absolute Gasteiger partial charge is 0.497 e. The number of benzene rings is 2. The van der Waals surface area contributed by atoms with Gasteiger partial charge in [0.2, 0.25) is 0 Å². The summed E-state index contributed by atoms with van der Waals surface area (Å²) in [6.45, 7) is 1.73. The minimum Gasteiger partial charge on any atom is -0.497 e. The smallest absolute Gasteiger partial charge is 0.305 e. The topological polar surface area (TPSA) is 94.1 Å². The second-order valence-corrected chi connectivity index (χ2v) is 5.93. The highest BCUT2D eigenvalue weighted by Gasteiger charge is 2.22. The van der Waals surface area contributed by atoms with E-state index in [1.165, 1.54) is 14.2 Å². The van der Waals surface area contributed by atoms with Gasteiger partial charge in [0.15, 0.2) is 6.61 Å². The Bertz CT molecular complexity index is 788. The van der Waals surface area contributed by atoms with Crippen LogP contribution in [0.3, 0.4) is 0 Å². The van der Waals surface area contributed by atoms with E-state index in [0.717, 1.165) is 5.56 Å². The van der Waals surface area contributed by atoms with Crippen LogP contribution in [-0.4, -0.2) is 37.8 Å². The van der Waals surface area contributed by atoms with Crippen molar-refractivity contribution in [1.82, 2.24) is 5.32 Å². The number of aliphatic carboxylic acids is 1. The van der Waals surface area contributed by atoms with Crippen LogP contribution in [0.25, 0.3) is 0 Å². The summed E-state index contributed by atoms with van der Waals surface area (Å²) in [7, 11) is 2.99. The number of nitrogens with one attached hydrogen (secondary N) is 1. The number of carboxylic acid groups (broad SMARTS) is 1. The molecule has 0 aliphatic rings. The van der Waals surface area contributed by atoms with E-state index in [4.69, 9.17) is 14.2 Å². The fourth-order valence-corrected chi connectivity index (χ4v) is 2.54. The van der Waals surface area contributed by atoms with Crippen LogP contribution in [0.15, 0.2) is 42.5 Å². The molecule has 0 heterocycles. The van der Waals surface area contributed by atoms with Crippen molar-refractivity contribution in [3.8, 4) is 17.2 Å². The first-order chi connectivity index (χ1) is 12.9. The highest BCUT2D eigenvalue weighted by atomic mass is 16.5. The maximum Gasteiger partial charge on any atom is 0.305 e. The Balaban J connectivity index is 2.10. The summed E-state index contributed by atoms with van der Waals surface area (Å²) in [6, 6.07) is 11.5. The second-order valence-electron chi connectivity index (χ2n) is 5.93. The molecule has 0 bridgehead atoms. The Morgan fingerprint density at radius 1 is 1.04 bits per heavy atom. The van der Waals surface area contributed by atoms with Crippen molar-refractivity contribution in [3.63, 3.8) is 0 Å². The van der Waals surface area contributed by atoms with Gasteiger partial charge in [-0.25, -0.2) is 0 Å². The van der Waals surface area contributed by atoms with Crippen molar-refractivity contribution in [2.24, 2.45) is 0 Å². The molecule has 2 aromatic rings. The van der Waals surface area contributed by atoms with E-state index < -0.39 is 17.9 Å². The first kappa shape index (κ1) is 20.1. The van der Waals surface area contributed by atoms with Crippen molar-refractivity contribution in [2.75, 3.05) is 20.8 Å². The standard InChI is InChI=1S/C20H23NO6/c1-13-4-6-14(7-5-13)27-12-19(22)21-17(11-20(23)24)16-9-8-15(25-2)10-18(16)26-3/h4-10,17H,11-12H2,1-3H3,(H,21,22)(H,23,24). The Morgan fingerprint density at radius 3 is 2.30 bits per heavy atom. The van der Waals surface area contributed by atoms with Gasteiger partial charge in [0.1, 0.15) is 17.2 Å². The summed E-state index contributed by atoms with van der Waals surface area (Å²) in [5.74, 6) is 0.0870. The van der Waals surface area contributed by atoms with Gasteiger partial charge in [0.05, 0.1) is 26.7 Å². The quantitative estimate of drug-likeness (QED) is 0.702. The zero-order valence-corrected chi connectivity index (χ0v) is 15.5. The average Bonchev–Trinajstić information content (AvgIpc) is 2.66. The summed E-state index contributed by atoms with van der Waals surface area (Å²) in [4.78, 5) is 23.5. The van der Waals surface area contributed by atoms with Crippen molar-refractivity contribution in [3.05, 3.63) is 53.6 Å². The summed E-state index contributed by atoms with van der Waals surface area (Å²) >= 11 is 0. The highest BCUT2D eigenvalue weighted by Crippen LogP contribution is 2.31. The van der Waals surface area contributed by atoms with Crippen molar-refractivity contribution in [1.29, 1.82) is 0 Å². The molecule has 0 radical (unpaired) electrons. The molecule has 7 nitrogen and oxygen atoms in total. The van der Waals surface area contributed by atoms with Gasteiger partial charge in [0.25, 0.3) is 5.91 Å². The molecule has 0 aliphatic heterocycles. The third kappa shape index (κ3) is 5.91. The number of amides is 1. The Hall–Kier alpha value is -3.22. The molecule has 1 atom stereocenters. The number of aryl methyl sites for hydroxylation is 1. The van der Waals surface area contributed by atoms with E-state index in [9.17, 15) is 14.7 Å². The highest BCUT2D eigenvalue weighted by molar-refractivity contribution is 5.79. The van der Waals surface area contributed by atoms with E-state index in [0.29, 0.717) is 22.8 Å². The molecule has 1 unspecified atom stereocenters. The molecule has 0 spiro atoms. The lowest BCUT2D eigenvalue weighted by Crippen LogP contribution is -2.34. The van der Waals surface area contributed by atoms with E-state index in [1.807, 2.05) is 19.1 Å². The molecule has 0 aliphatic carbocycles. The minimum absolute atomic E-state index is 0.225. The lowest BCUT2D eigenvalue weighted by molar-refractivity contribution is -0.137. The normalized spacial score (nSPS) is 11.4. The summed E-state index contributed by atoms with van der Waals surface area (Å²) in [5, 5.41) is 11.9. The van der Waals surface area contributed by atoms with Crippen LogP contribution < -0.4 is 19.5 Å². The maximum atomic E-state index is 12.3. The first-order valence-electron chi connectivity index (χ1n) is 8.35. The fourth-order valence-electron chi connectivity index (χ4n) is 2.54. The molecule has 27 heavy (non-hydrogen) atoms. The number of hydrogen-bond donors (Lipinski definition) is 2. The maximum absolute atomic E-state index is 12.3. The van der Waals surface area contributed by atoms with E-state index in [2.05, 4.69) is 5.32 Å². The van der Waals surface area contributed by atoms with Crippen LogP contribution in [0.1, 0.15) is 23.6 Å². The number of ether oxygens (including phenoxy) is 3. The van der Waals surface area contributed by atoms with Crippen molar-refractivity contribution < 1.29 is 28.9 Å². The van der Waals surface area contributed by atoms with Gasteiger partial charge in [-0.3, -0.25) is 9.59 Å².